The molecule has 1 aromatic carbocycles. The predicted molar refractivity (Wildman–Crippen MR) is 70.2 cm³/mol. The number of rotatable bonds is 6. The second-order valence-electron chi connectivity index (χ2n) is 4.12. The summed E-state index contributed by atoms with van der Waals surface area (Å²) in [6.07, 6.45) is -2.95. The van der Waals surface area contributed by atoms with Crippen molar-refractivity contribution in [1.29, 1.82) is 0 Å². The van der Waals surface area contributed by atoms with Crippen LogP contribution in [0, 0.1) is 5.82 Å². The van der Waals surface area contributed by atoms with Gasteiger partial charge in [-0.25, -0.2) is 4.39 Å². The highest BCUT2D eigenvalue weighted by Gasteiger charge is 2.31. The van der Waals surface area contributed by atoms with Crippen molar-refractivity contribution in [2.75, 3.05) is 6.54 Å². The third-order valence-electron chi connectivity index (χ3n) is 2.57. The van der Waals surface area contributed by atoms with Gasteiger partial charge in [-0.3, -0.25) is 0 Å². The van der Waals surface area contributed by atoms with E-state index in [4.69, 9.17) is 11.5 Å². The van der Waals surface area contributed by atoms with Gasteiger partial charge in [0.05, 0.1) is 0 Å². The Hall–Kier alpha value is -1.05. The summed E-state index contributed by atoms with van der Waals surface area (Å²) < 4.78 is 53.4. The molecule has 1 atom stereocenters. The van der Waals surface area contributed by atoms with Crippen molar-refractivity contribution in [3.05, 3.63) is 29.6 Å². The van der Waals surface area contributed by atoms with E-state index in [-0.39, 0.29) is 18.0 Å². The summed E-state index contributed by atoms with van der Waals surface area (Å²) in [5.41, 5.74) is 11.1. The van der Waals surface area contributed by atoms with Crippen LogP contribution in [0.4, 0.5) is 17.6 Å². The Balaban J connectivity index is 0.00000361. The van der Waals surface area contributed by atoms with Gasteiger partial charge in [0.2, 0.25) is 0 Å². The fourth-order valence-corrected chi connectivity index (χ4v) is 1.67. The first kappa shape index (κ1) is 18.9. The molecule has 0 saturated carbocycles. The number of halogens is 5. The lowest BCUT2D eigenvalue weighted by Gasteiger charge is -2.15. The van der Waals surface area contributed by atoms with E-state index in [1.165, 1.54) is 0 Å². The molecule has 0 aromatic heterocycles. The van der Waals surface area contributed by atoms with Gasteiger partial charge >= 0.3 is 6.36 Å². The van der Waals surface area contributed by atoms with E-state index in [0.717, 1.165) is 24.6 Å². The molecule has 3 nitrogen and oxygen atoms in total. The van der Waals surface area contributed by atoms with Crippen molar-refractivity contribution in [3.8, 4) is 5.75 Å². The first-order chi connectivity index (χ1) is 8.83. The van der Waals surface area contributed by atoms with E-state index in [0.29, 0.717) is 19.4 Å². The normalized spacial score (nSPS) is 12.7. The van der Waals surface area contributed by atoms with E-state index in [9.17, 15) is 17.6 Å². The fourth-order valence-electron chi connectivity index (χ4n) is 1.67. The Bertz CT molecular complexity index is 415. The van der Waals surface area contributed by atoms with Crippen molar-refractivity contribution in [2.45, 2.75) is 31.7 Å². The van der Waals surface area contributed by atoms with Gasteiger partial charge in [-0.1, -0.05) is 6.42 Å². The first-order valence-electron chi connectivity index (χ1n) is 5.84. The highest BCUT2D eigenvalue weighted by Crippen LogP contribution is 2.28. The quantitative estimate of drug-likeness (QED) is 0.625. The highest BCUT2D eigenvalue weighted by atomic mass is 35.5. The summed E-state index contributed by atoms with van der Waals surface area (Å²) in [4.78, 5) is 0. The molecule has 0 aliphatic carbocycles. The molecule has 0 heterocycles. The Morgan fingerprint density at radius 1 is 1.20 bits per heavy atom. The number of benzene rings is 1. The van der Waals surface area contributed by atoms with Crippen molar-refractivity contribution < 1.29 is 22.3 Å². The standard InChI is InChI=1S/C12H16F4N2O.ClH/c13-10-5-4-8(19-12(14,15)16)7-9(10)11(18)3-1-2-6-17;/h4-5,7,11H,1-3,6,17-18H2;1H/t11-;/m0./s1. The molecule has 0 aliphatic heterocycles. The Kier molecular flexibility index (Phi) is 7.85. The lowest BCUT2D eigenvalue weighted by atomic mass is 10.0. The molecule has 20 heavy (non-hydrogen) atoms. The zero-order chi connectivity index (χ0) is 14.5. The molecule has 0 bridgehead atoms. The summed E-state index contributed by atoms with van der Waals surface area (Å²) in [5.74, 6) is -1.12. The zero-order valence-corrected chi connectivity index (χ0v) is 11.4. The van der Waals surface area contributed by atoms with Gasteiger partial charge in [0.1, 0.15) is 11.6 Å². The summed E-state index contributed by atoms with van der Waals surface area (Å²) in [5, 5.41) is 0. The maximum atomic E-state index is 13.5. The van der Waals surface area contributed by atoms with Crippen LogP contribution < -0.4 is 16.2 Å². The third kappa shape index (κ3) is 6.40. The van der Waals surface area contributed by atoms with Gasteiger partial charge in [-0.2, -0.15) is 0 Å². The Morgan fingerprint density at radius 2 is 1.85 bits per heavy atom. The molecule has 0 unspecified atom stereocenters. The minimum absolute atomic E-state index is 0. The van der Waals surface area contributed by atoms with Crippen molar-refractivity contribution in [3.63, 3.8) is 0 Å². The molecule has 0 spiro atoms. The molecule has 116 valence electrons. The third-order valence-corrected chi connectivity index (χ3v) is 2.57. The van der Waals surface area contributed by atoms with Gasteiger partial charge in [0.25, 0.3) is 0 Å². The van der Waals surface area contributed by atoms with Crippen molar-refractivity contribution >= 4 is 12.4 Å². The van der Waals surface area contributed by atoms with Crippen molar-refractivity contribution in [1.82, 2.24) is 0 Å². The second kappa shape index (κ2) is 8.28. The van der Waals surface area contributed by atoms with Crippen LogP contribution in [-0.2, 0) is 0 Å². The van der Waals surface area contributed by atoms with Crippen molar-refractivity contribution in [2.24, 2.45) is 11.5 Å². The van der Waals surface area contributed by atoms with Crippen LogP contribution in [0.15, 0.2) is 18.2 Å². The molecular weight excluding hydrogens is 300 g/mol. The number of ether oxygens (including phenoxy) is 1. The summed E-state index contributed by atoms with van der Waals surface area (Å²) in [7, 11) is 0. The molecule has 0 fully saturated rings. The number of alkyl halides is 3. The smallest absolute Gasteiger partial charge is 0.406 e. The van der Waals surface area contributed by atoms with Crippen LogP contribution in [0.1, 0.15) is 30.9 Å². The average Bonchev–Trinajstić information content (AvgIpc) is 2.30. The first-order valence-corrected chi connectivity index (χ1v) is 5.84. The zero-order valence-electron chi connectivity index (χ0n) is 10.6. The van der Waals surface area contributed by atoms with Gasteiger partial charge in [0, 0.05) is 11.6 Å². The van der Waals surface area contributed by atoms with Gasteiger partial charge in [-0.15, -0.1) is 25.6 Å². The average molecular weight is 317 g/mol. The lowest BCUT2D eigenvalue weighted by molar-refractivity contribution is -0.274. The van der Waals surface area contributed by atoms with Crippen LogP contribution in [0.5, 0.6) is 5.75 Å². The van der Waals surface area contributed by atoms with E-state index < -0.39 is 24.0 Å². The van der Waals surface area contributed by atoms with Crippen LogP contribution in [0.2, 0.25) is 0 Å². The molecule has 0 saturated heterocycles. The maximum absolute atomic E-state index is 13.5. The van der Waals surface area contributed by atoms with Gasteiger partial charge in [-0.05, 0) is 37.6 Å². The van der Waals surface area contributed by atoms with Crippen LogP contribution in [0.3, 0.4) is 0 Å². The van der Waals surface area contributed by atoms with Gasteiger partial charge < -0.3 is 16.2 Å². The molecular formula is C12H17ClF4N2O. The summed E-state index contributed by atoms with van der Waals surface area (Å²) in [6.45, 7) is 0.492. The molecule has 0 radical (unpaired) electrons. The summed E-state index contributed by atoms with van der Waals surface area (Å²) in [6, 6.07) is 2.14. The molecule has 8 heteroatoms. The molecule has 0 aliphatic rings. The maximum Gasteiger partial charge on any atom is 0.573 e. The Morgan fingerprint density at radius 3 is 2.40 bits per heavy atom. The minimum atomic E-state index is -4.81. The SMILES string of the molecule is Cl.NCCCC[C@H](N)c1cc(OC(F)(F)F)ccc1F. The second-order valence-corrected chi connectivity index (χ2v) is 4.12. The van der Waals surface area contributed by atoms with E-state index in [2.05, 4.69) is 4.74 Å². The van der Waals surface area contributed by atoms with Crippen LogP contribution >= 0.6 is 12.4 Å². The summed E-state index contributed by atoms with van der Waals surface area (Å²) >= 11 is 0. The molecule has 1 rings (SSSR count). The van der Waals surface area contributed by atoms with E-state index >= 15 is 0 Å². The minimum Gasteiger partial charge on any atom is -0.406 e. The van der Waals surface area contributed by atoms with Crippen LogP contribution in [0.25, 0.3) is 0 Å². The largest absolute Gasteiger partial charge is 0.573 e. The fraction of sp³-hybridized carbons (Fsp3) is 0.500. The Labute approximate surface area is 120 Å². The number of hydrogen-bond donors (Lipinski definition) is 2. The molecule has 1 aromatic rings. The topological polar surface area (TPSA) is 61.3 Å². The van der Waals surface area contributed by atoms with E-state index in [1.807, 2.05) is 0 Å². The predicted octanol–water partition coefficient (Wildman–Crippen LogP) is 3.27. The lowest BCUT2D eigenvalue weighted by Crippen LogP contribution is -2.18. The monoisotopic (exact) mass is 316 g/mol. The van der Waals surface area contributed by atoms with Gasteiger partial charge in [0.15, 0.2) is 0 Å². The van der Waals surface area contributed by atoms with E-state index in [1.54, 1.807) is 0 Å². The highest BCUT2D eigenvalue weighted by molar-refractivity contribution is 5.85. The molecule has 0 amide bonds. The number of nitrogens with two attached hydrogens (primary N) is 2. The number of unbranched alkanes of at least 4 members (excludes halogenated alkanes) is 1. The van der Waals surface area contributed by atoms with Crippen LogP contribution in [-0.4, -0.2) is 12.9 Å². The molecule has 4 N–H and O–H groups in total. The number of hydrogen-bond acceptors (Lipinski definition) is 3.